The minimum absolute atomic E-state index is 0. The van der Waals surface area contributed by atoms with E-state index in [0.717, 1.165) is 30.9 Å². The van der Waals surface area contributed by atoms with Gasteiger partial charge >= 0.3 is 0 Å². The Morgan fingerprint density at radius 1 is 1.23 bits per heavy atom. The van der Waals surface area contributed by atoms with E-state index in [0.29, 0.717) is 36.7 Å². The van der Waals surface area contributed by atoms with Gasteiger partial charge in [-0.1, -0.05) is 11.6 Å². The van der Waals surface area contributed by atoms with E-state index in [1.54, 1.807) is 19.8 Å². The number of fused-ring (bicyclic) bond motifs is 2. The molecule has 1 aromatic rings. The number of anilines is 1. The smallest absolute Gasteiger partial charge is 0.291 e. The Morgan fingerprint density at radius 3 is 2.60 bits per heavy atom. The van der Waals surface area contributed by atoms with E-state index >= 15 is 0 Å². The number of ether oxygens (including phenoxy) is 3. The highest BCUT2D eigenvalue weighted by Gasteiger charge is 2.71. The van der Waals surface area contributed by atoms with Crippen LogP contribution in [0.4, 0.5) is 5.69 Å². The third kappa shape index (κ3) is 3.17. The largest absolute Gasteiger partial charge is 0.493 e. The maximum atomic E-state index is 13.5. The van der Waals surface area contributed by atoms with Crippen LogP contribution < -0.4 is 14.4 Å². The van der Waals surface area contributed by atoms with Crippen LogP contribution in [-0.4, -0.2) is 84.2 Å². The van der Waals surface area contributed by atoms with Crippen molar-refractivity contribution in [2.45, 2.75) is 42.9 Å². The van der Waals surface area contributed by atoms with Crippen LogP contribution in [0.5, 0.6) is 11.5 Å². The van der Waals surface area contributed by atoms with Gasteiger partial charge in [-0.15, -0.1) is 10.1 Å². The van der Waals surface area contributed by atoms with E-state index in [1.807, 2.05) is 6.07 Å². The highest BCUT2D eigenvalue weighted by Crippen LogP contribution is 2.66. The Morgan fingerprint density at radius 2 is 1.91 bits per heavy atom. The average molecular weight is 494 g/mol. The van der Waals surface area contributed by atoms with Crippen molar-refractivity contribution in [3.05, 3.63) is 39.5 Å². The average Bonchev–Trinajstić information content (AvgIpc) is 3.25. The normalized spacial score (nSPS) is 34.7. The minimum Gasteiger partial charge on any atom is -0.493 e. The monoisotopic (exact) mass is 493 g/mol. The highest BCUT2D eigenvalue weighted by molar-refractivity contribution is 5.99. The molecule has 0 unspecified atom stereocenters. The van der Waals surface area contributed by atoms with Crippen LogP contribution in [0.25, 0.3) is 0 Å². The van der Waals surface area contributed by atoms with Crippen molar-refractivity contribution in [3.63, 3.8) is 0 Å². The molecule has 1 amide bonds. The number of hydrogen-bond acceptors (Lipinski definition) is 7. The van der Waals surface area contributed by atoms with Gasteiger partial charge in [0.05, 0.1) is 45.1 Å². The van der Waals surface area contributed by atoms with Gasteiger partial charge in [-0.25, -0.2) is 0 Å². The summed E-state index contributed by atoms with van der Waals surface area (Å²) < 4.78 is 17.6. The molecule has 3 saturated heterocycles. The fraction of sp³-hybridized carbons (Fsp3) is 0.609. The first-order valence-electron chi connectivity index (χ1n) is 11.4. The van der Waals surface area contributed by atoms with Crippen molar-refractivity contribution in [2.24, 2.45) is 11.8 Å². The molecule has 6 atom stereocenters. The predicted molar refractivity (Wildman–Crippen MR) is 123 cm³/mol. The number of carbonyl (C=O) groups is 1. The number of hydrogen-bond donors (Lipinski definition) is 1. The Balaban J connectivity index is 0.000000451. The Hall–Kier alpha value is -2.93. The van der Waals surface area contributed by atoms with Crippen molar-refractivity contribution in [1.82, 2.24) is 4.90 Å². The summed E-state index contributed by atoms with van der Waals surface area (Å²) in [7, 11) is 3.36. The van der Waals surface area contributed by atoms with Gasteiger partial charge in [0.25, 0.3) is 5.09 Å². The lowest BCUT2D eigenvalue weighted by Gasteiger charge is -2.58. The number of benzene rings is 1. The van der Waals surface area contributed by atoms with Gasteiger partial charge in [0, 0.05) is 30.0 Å². The molecule has 12 heteroatoms. The first-order valence-corrected chi connectivity index (χ1v) is 11.4. The molecule has 2 bridgehead atoms. The second-order valence-electron chi connectivity index (χ2n) is 9.72. The molecule has 1 aliphatic carbocycles. The van der Waals surface area contributed by atoms with E-state index in [4.69, 9.17) is 29.5 Å². The summed E-state index contributed by atoms with van der Waals surface area (Å²) in [5.74, 6) is 2.57. The molecule has 12 nitrogen and oxygen atoms in total. The number of rotatable bonds is 2. The molecule has 5 aliphatic heterocycles. The molecule has 192 valence electrons. The molecular formula is C23H31N3O9. The molecule has 7 rings (SSSR count). The van der Waals surface area contributed by atoms with Crippen LogP contribution in [0.1, 0.15) is 24.8 Å². The molecule has 35 heavy (non-hydrogen) atoms. The summed E-state index contributed by atoms with van der Waals surface area (Å²) in [6.45, 7) is 2.80. The van der Waals surface area contributed by atoms with Gasteiger partial charge in [-0.3, -0.25) is 9.69 Å². The number of piperidine rings is 2. The molecular weight excluding hydrogens is 462 g/mol. The quantitative estimate of drug-likeness (QED) is 0.343. The SMILES string of the molecule is COc1cc2c(cc1OC)[C@@]13CCN4CC5=CCO[C@H]6CC(=O)N2[C@H]1[C@H]6[C@H]5C[C@H]43.O.O.O=[N+]([O-])O. The van der Waals surface area contributed by atoms with Gasteiger partial charge in [0.1, 0.15) is 0 Å². The Labute approximate surface area is 201 Å². The summed E-state index contributed by atoms with van der Waals surface area (Å²) >= 11 is 0. The summed E-state index contributed by atoms with van der Waals surface area (Å²) in [5, 5.41) is 13.6. The Bertz CT molecular complexity index is 1070. The number of methoxy groups -OCH3 is 2. The van der Waals surface area contributed by atoms with Crippen molar-refractivity contribution in [2.75, 3.05) is 38.8 Å². The van der Waals surface area contributed by atoms with E-state index in [2.05, 4.69) is 21.9 Å². The minimum atomic E-state index is -1.50. The molecule has 5 heterocycles. The van der Waals surface area contributed by atoms with Crippen LogP contribution >= 0.6 is 0 Å². The predicted octanol–water partition coefficient (Wildman–Crippen LogP) is 0.113. The molecule has 0 radical (unpaired) electrons. The van der Waals surface area contributed by atoms with E-state index in [9.17, 15) is 4.79 Å². The molecule has 0 aromatic heterocycles. The van der Waals surface area contributed by atoms with Crippen molar-refractivity contribution in [1.29, 1.82) is 0 Å². The van der Waals surface area contributed by atoms with E-state index < -0.39 is 5.09 Å². The molecule has 1 aromatic carbocycles. The van der Waals surface area contributed by atoms with Gasteiger partial charge in [-0.05, 0) is 36.9 Å². The summed E-state index contributed by atoms with van der Waals surface area (Å²) in [6.07, 6.45) is 5.11. The van der Waals surface area contributed by atoms with Crippen LogP contribution in [0.3, 0.4) is 0 Å². The summed E-state index contributed by atoms with van der Waals surface area (Å²) in [4.78, 5) is 26.6. The first kappa shape index (κ1) is 25.2. The lowest BCUT2D eigenvalue weighted by atomic mass is 9.53. The van der Waals surface area contributed by atoms with Gasteiger partial charge in [0.2, 0.25) is 5.91 Å². The maximum Gasteiger partial charge on any atom is 0.291 e. The third-order valence-corrected chi connectivity index (χ3v) is 8.81. The van der Waals surface area contributed by atoms with Crippen molar-refractivity contribution < 1.29 is 40.3 Å². The van der Waals surface area contributed by atoms with Gasteiger partial charge < -0.3 is 35.3 Å². The number of amides is 1. The molecule has 5 N–H and O–H groups in total. The van der Waals surface area contributed by atoms with Crippen molar-refractivity contribution in [3.8, 4) is 11.5 Å². The van der Waals surface area contributed by atoms with Crippen LogP contribution in [-0.2, 0) is 14.9 Å². The third-order valence-electron chi connectivity index (χ3n) is 8.81. The van der Waals surface area contributed by atoms with Gasteiger partial charge in [-0.2, -0.15) is 0 Å². The summed E-state index contributed by atoms with van der Waals surface area (Å²) in [5.41, 5.74) is 3.85. The van der Waals surface area contributed by atoms with Gasteiger partial charge in [0.15, 0.2) is 11.5 Å². The lowest BCUT2D eigenvalue weighted by molar-refractivity contribution is -0.742. The highest BCUT2D eigenvalue weighted by atomic mass is 16.9. The standard InChI is InChI=1S/C23H26N2O4.HNO3.2H2O/c1-27-16-8-14-15(9-17(16)28-2)25-20(26)10-18-21-13-7-19-23(14,22(21)25)4-5-24(19)11-12(13)3-6-29-18;2-1(3)4;;/h3,8-9,13,18-19,21-22H,4-7,10-11H2,1-2H3;(H,2,3,4);2*1H2/t13-,18-,19-,21-,22-,23+;;;/m0.../s1. The van der Waals surface area contributed by atoms with Crippen molar-refractivity contribution >= 4 is 11.6 Å². The van der Waals surface area contributed by atoms with E-state index in [1.165, 1.54) is 12.0 Å². The summed E-state index contributed by atoms with van der Waals surface area (Å²) in [6, 6.07) is 4.87. The van der Waals surface area contributed by atoms with E-state index in [-0.39, 0.29) is 34.4 Å². The molecule has 1 spiro atoms. The first-order chi connectivity index (χ1) is 15.9. The lowest BCUT2D eigenvalue weighted by Crippen LogP contribution is -2.69. The van der Waals surface area contributed by atoms with Crippen LogP contribution in [0.15, 0.2) is 23.8 Å². The number of nitrogens with zero attached hydrogens (tertiary/aromatic N) is 3. The van der Waals surface area contributed by atoms with Crippen LogP contribution in [0, 0.1) is 22.0 Å². The molecule has 1 saturated carbocycles. The van der Waals surface area contributed by atoms with Crippen LogP contribution in [0.2, 0.25) is 0 Å². The molecule has 4 fully saturated rings. The second kappa shape index (κ2) is 8.63. The second-order valence-corrected chi connectivity index (χ2v) is 9.72. The zero-order chi connectivity index (χ0) is 23.1. The molecule has 6 aliphatic rings. The maximum absolute atomic E-state index is 13.5. The Kier molecular flexibility index (Phi) is 6.20. The fourth-order valence-corrected chi connectivity index (χ4v) is 7.87. The zero-order valence-corrected chi connectivity index (χ0v) is 19.6. The number of carbonyl (C=O) groups excluding carboxylic acids is 1. The fourth-order valence-electron chi connectivity index (χ4n) is 7.87. The topological polar surface area (TPSA) is 178 Å². The zero-order valence-electron chi connectivity index (χ0n) is 19.6.